The number of rotatable bonds is 4. The molecule has 0 unspecified atom stereocenters. The number of nitrogens with zero attached hydrogens (tertiary/aromatic N) is 3. The van der Waals surface area contributed by atoms with Gasteiger partial charge in [0.25, 0.3) is 5.91 Å². The summed E-state index contributed by atoms with van der Waals surface area (Å²) in [7, 11) is 1.34. The zero-order valence-electron chi connectivity index (χ0n) is 15.9. The van der Waals surface area contributed by atoms with Crippen LogP contribution >= 0.6 is 11.6 Å². The fourth-order valence-electron chi connectivity index (χ4n) is 3.60. The molecular weight excluding hydrogens is 390 g/mol. The van der Waals surface area contributed by atoms with E-state index >= 15 is 0 Å². The molecule has 0 spiro atoms. The number of hydrogen-bond acceptors (Lipinski definition) is 4. The Kier molecular flexibility index (Phi) is 5.36. The van der Waals surface area contributed by atoms with Crippen molar-refractivity contribution in [3.05, 3.63) is 88.5 Å². The summed E-state index contributed by atoms with van der Waals surface area (Å²) in [4.78, 5) is 31.6. The van der Waals surface area contributed by atoms with Crippen molar-refractivity contribution in [3.8, 4) is 0 Å². The predicted molar refractivity (Wildman–Crippen MR) is 109 cm³/mol. The second-order valence-electron chi connectivity index (χ2n) is 6.93. The molecule has 0 aliphatic carbocycles. The molecule has 1 amide bonds. The first-order valence-electron chi connectivity index (χ1n) is 9.28. The lowest BCUT2D eigenvalue weighted by atomic mass is 10.0. The minimum atomic E-state index is -0.695. The highest BCUT2D eigenvalue weighted by Gasteiger charge is 2.37. The van der Waals surface area contributed by atoms with Crippen LogP contribution in [0.25, 0.3) is 0 Å². The summed E-state index contributed by atoms with van der Waals surface area (Å²) < 4.78 is 6.97. The molecule has 2 aromatic carbocycles. The quantitative estimate of drug-likeness (QED) is 0.620. The van der Waals surface area contributed by atoms with Gasteiger partial charge in [-0.1, -0.05) is 41.9 Å². The first kappa shape index (κ1) is 19.2. The maximum absolute atomic E-state index is 13.1. The van der Waals surface area contributed by atoms with Gasteiger partial charge < -0.3 is 14.2 Å². The monoisotopic (exact) mass is 409 g/mol. The number of carbonyl (C=O) groups is 2. The molecule has 7 heteroatoms. The summed E-state index contributed by atoms with van der Waals surface area (Å²) in [5, 5.41) is 0.682. The molecule has 4 rings (SSSR count). The minimum absolute atomic E-state index is 0.203. The number of ether oxygens (including phenoxy) is 1. The number of imidazole rings is 1. The van der Waals surface area contributed by atoms with Crippen molar-refractivity contribution in [2.24, 2.45) is 0 Å². The molecule has 148 valence electrons. The van der Waals surface area contributed by atoms with Crippen LogP contribution in [-0.4, -0.2) is 39.5 Å². The van der Waals surface area contributed by atoms with Crippen LogP contribution in [0.3, 0.4) is 0 Å². The number of aromatic nitrogens is 2. The molecule has 0 radical (unpaired) electrons. The van der Waals surface area contributed by atoms with Crippen LogP contribution in [0, 0.1) is 0 Å². The van der Waals surface area contributed by atoms with Crippen LogP contribution in [0.5, 0.6) is 0 Å². The maximum atomic E-state index is 13.1. The van der Waals surface area contributed by atoms with Crippen molar-refractivity contribution < 1.29 is 14.3 Å². The van der Waals surface area contributed by atoms with Crippen LogP contribution in [0.4, 0.5) is 0 Å². The Morgan fingerprint density at radius 1 is 1.14 bits per heavy atom. The molecule has 1 aromatic heterocycles. The van der Waals surface area contributed by atoms with E-state index < -0.39 is 12.0 Å². The molecule has 1 atom stereocenters. The Morgan fingerprint density at radius 2 is 1.86 bits per heavy atom. The second kappa shape index (κ2) is 8.09. The van der Waals surface area contributed by atoms with Crippen LogP contribution in [0.2, 0.25) is 5.02 Å². The van der Waals surface area contributed by atoms with Crippen molar-refractivity contribution >= 4 is 23.5 Å². The van der Waals surface area contributed by atoms with Crippen molar-refractivity contribution in [2.75, 3.05) is 7.11 Å². The first-order valence-corrected chi connectivity index (χ1v) is 9.66. The average Bonchev–Trinajstić information content (AvgIpc) is 3.15. The standard InChI is InChI=1S/C22H20ClN3O3/c1-29-22(28)19-11-18-20(13-26(19)21(27)16-5-3-2-4-6-16)25(14-24-18)12-15-7-9-17(23)10-8-15/h2-10,14,19H,11-13H2,1H3/t19-/m1/s1. The van der Waals surface area contributed by atoms with Gasteiger partial charge in [-0.25, -0.2) is 9.78 Å². The number of methoxy groups -OCH3 is 1. The molecule has 29 heavy (non-hydrogen) atoms. The van der Waals surface area contributed by atoms with E-state index in [2.05, 4.69) is 4.98 Å². The molecular formula is C22H20ClN3O3. The van der Waals surface area contributed by atoms with E-state index in [1.807, 2.05) is 34.9 Å². The molecule has 0 N–H and O–H groups in total. The third-order valence-corrected chi connectivity index (χ3v) is 5.39. The predicted octanol–water partition coefficient (Wildman–Crippen LogP) is 3.32. The molecule has 1 aliphatic rings. The largest absolute Gasteiger partial charge is 0.467 e. The van der Waals surface area contributed by atoms with E-state index in [4.69, 9.17) is 16.3 Å². The maximum Gasteiger partial charge on any atom is 0.329 e. The lowest BCUT2D eigenvalue weighted by Gasteiger charge is -2.34. The number of esters is 1. The van der Waals surface area contributed by atoms with E-state index in [9.17, 15) is 9.59 Å². The van der Waals surface area contributed by atoms with Crippen molar-refractivity contribution in [1.82, 2.24) is 14.5 Å². The highest BCUT2D eigenvalue weighted by molar-refractivity contribution is 6.30. The van der Waals surface area contributed by atoms with E-state index in [1.165, 1.54) is 7.11 Å². The average molecular weight is 410 g/mol. The number of fused-ring (bicyclic) bond motifs is 1. The highest BCUT2D eigenvalue weighted by Crippen LogP contribution is 2.26. The molecule has 1 aliphatic heterocycles. The van der Waals surface area contributed by atoms with Crippen molar-refractivity contribution in [3.63, 3.8) is 0 Å². The summed E-state index contributed by atoms with van der Waals surface area (Å²) in [6.07, 6.45) is 2.08. The van der Waals surface area contributed by atoms with Gasteiger partial charge >= 0.3 is 5.97 Å². The topological polar surface area (TPSA) is 64.4 Å². The second-order valence-corrected chi connectivity index (χ2v) is 7.37. The van der Waals surface area contributed by atoms with Gasteiger partial charge in [0, 0.05) is 23.6 Å². The van der Waals surface area contributed by atoms with Crippen molar-refractivity contribution in [2.45, 2.75) is 25.6 Å². The Hall–Kier alpha value is -3.12. The molecule has 0 bridgehead atoms. The summed E-state index contributed by atoms with van der Waals surface area (Å²) in [6, 6.07) is 15.9. The van der Waals surface area contributed by atoms with Gasteiger partial charge in [-0.2, -0.15) is 0 Å². The fourth-order valence-corrected chi connectivity index (χ4v) is 3.72. The van der Waals surface area contributed by atoms with Crippen molar-refractivity contribution in [1.29, 1.82) is 0 Å². The Morgan fingerprint density at radius 3 is 2.55 bits per heavy atom. The summed E-state index contributed by atoms with van der Waals surface area (Å²) in [5.74, 6) is -0.641. The van der Waals surface area contributed by atoms with Gasteiger partial charge in [-0.15, -0.1) is 0 Å². The molecule has 2 heterocycles. The molecule has 6 nitrogen and oxygen atoms in total. The van der Waals surface area contributed by atoms with E-state index in [0.717, 1.165) is 17.0 Å². The first-order chi connectivity index (χ1) is 14.1. The Balaban J connectivity index is 1.66. The zero-order valence-corrected chi connectivity index (χ0v) is 16.7. The van der Waals surface area contributed by atoms with Gasteiger partial charge in [-0.3, -0.25) is 4.79 Å². The SMILES string of the molecule is COC(=O)[C@H]1Cc2ncn(Cc3ccc(Cl)cc3)c2CN1C(=O)c1ccccc1. The lowest BCUT2D eigenvalue weighted by Crippen LogP contribution is -2.49. The molecule has 0 saturated heterocycles. The Labute approximate surface area is 173 Å². The van der Waals surface area contributed by atoms with Gasteiger partial charge in [0.15, 0.2) is 0 Å². The van der Waals surface area contributed by atoms with Gasteiger partial charge in [0.2, 0.25) is 0 Å². The smallest absolute Gasteiger partial charge is 0.329 e. The minimum Gasteiger partial charge on any atom is -0.467 e. The van der Waals surface area contributed by atoms with Gasteiger partial charge in [0.05, 0.1) is 31.4 Å². The molecule has 0 fully saturated rings. The third-order valence-electron chi connectivity index (χ3n) is 5.14. The number of carbonyl (C=O) groups excluding carboxylic acids is 2. The van der Waals surface area contributed by atoms with Crippen LogP contribution in [-0.2, 0) is 29.0 Å². The summed E-state index contributed by atoms with van der Waals surface area (Å²) in [5.41, 5.74) is 3.34. The van der Waals surface area contributed by atoms with E-state index in [1.54, 1.807) is 35.5 Å². The highest BCUT2D eigenvalue weighted by atomic mass is 35.5. The lowest BCUT2D eigenvalue weighted by molar-refractivity contribution is -0.146. The van der Waals surface area contributed by atoms with Crippen LogP contribution < -0.4 is 0 Å². The molecule has 0 saturated carbocycles. The number of halogens is 1. The van der Waals surface area contributed by atoms with E-state index in [-0.39, 0.29) is 12.5 Å². The summed E-state index contributed by atoms with van der Waals surface area (Å²) >= 11 is 5.97. The Bertz CT molecular complexity index is 1030. The number of hydrogen-bond donors (Lipinski definition) is 0. The van der Waals surface area contributed by atoms with Gasteiger partial charge in [0.1, 0.15) is 6.04 Å². The van der Waals surface area contributed by atoms with Crippen LogP contribution in [0.15, 0.2) is 60.9 Å². The number of benzene rings is 2. The molecule has 3 aromatic rings. The fraction of sp³-hybridized carbons (Fsp3) is 0.227. The van der Waals surface area contributed by atoms with Gasteiger partial charge in [-0.05, 0) is 29.8 Å². The number of amides is 1. The van der Waals surface area contributed by atoms with Crippen LogP contribution in [0.1, 0.15) is 27.3 Å². The third kappa shape index (κ3) is 3.89. The van der Waals surface area contributed by atoms with E-state index in [0.29, 0.717) is 23.6 Å². The zero-order chi connectivity index (χ0) is 20.4. The normalized spacial score (nSPS) is 15.7. The summed E-state index contributed by atoms with van der Waals surface area (Å²) in [6.45, 7) is 0.895.